The number of benzene rings is 2. The summed E-state index contributed by atoms with van der Waals surface area (Å²) in [7, 11) is 1.34. The van der Waals surface area contributed by atoms with Gasteiger partial charge in [0, 0.05) is 31.5 Å². The first kappa shape index (κ1) is 25.7. The number of esters is 2. The van der Waals surface area contributed by atoms with Crippen molar-refractivity contribution in [3.63, 3.8) is 0 Å². The van der Waals surface area contributed by atoms with Crippen LogP contribution >= 0.6 is 0 Å². The quantitative estimate of drug-likeness (QED) is 0.484. The number of pyridine rings is 1. The second-order valence-corrected chi connectivity index (χ2v) is 8.53. The monoisotopic (exact) mass is 510 g/mol. The number of aromatic nitrogens is 1. The number of nitrogens with zero attached hydrogens (tertiary/aromatic N) is 1. The van der Waals surface area contributed by atoms with Crippen molar-refractivity contribution in [2.24, 2.45) is 0 Å². The summed E-state index contributed by atoms with van der Waals surface area (Å²) in [6, 6.07) is 10.4. The number of hydrogen-bond donors (Lipinski definition) is 1. The van der Waals surface area contributed by atoms with Crippen LogP contribution in [0.3, 0.4) is 0 Å². The van der Waals surface area contributed by atoms with Crippen LogP contribution in [0.2, 0.25) is 0 Å². The Morgan fingerprint density at radius 3 is 2.43 bits per heavy atom. The molecule has 0 aliphatic heterocycles. The van der Waals surface area contributed by atoms with Crippen molar-refractivity contribution in [3.05, 3.63) is 88.7 Å². The van der Waals surface area contributed by atoms with Gasteiger partial charge in [0.2, 0.25) is 5.75 Å². The van der Waals surface area contributed by atoms with Crippen molar-refractivity contribution in [3.8, 4) is 11.5 Å². The Hall–Kier alpha value is -4.34. The number of nitrogens with one attached hydrogen (secondary N) is 1. The second-order valence-electron chi connectivity index (χ2n) is 8.53. The number of carbonyl (C=O) groups is 3. The molecule has 10 heteroatoms. The Morgan fingerprint density at radius 1 is 1.05 bits per heavy atom. The van der Waals surface area contributed by atoms with Gasteiger partial charge in [-0.15, -0.1) is 0 Å². The molecule has 2 aromatic carbocycles. The van der Waals surface area contributed by atoms with Crippen LogP contribution in [0.25, 0.3) is 0 Å². The van der Waals surface area contributed by atoms with Crippen molar-refractivity contribution in [2.75, 3.05) is 7.11 Å². The molecular formula is C27H24F2N2O6. The zero-order chi connectivity index (χ0) is 26.7. The fraction of sp³-hybridized carbons (Fsp3) is 0.259. The second kappa shape index (κ2) is 10.7. The summed E-state index contributed by atoms with van der Waals surface area (Å²) in [5, 5.41) is 2.49. The molecule has 0 radical (unpaired) electrons. The van der Waals surface area contributed by atoms with Gasteiger partial charge in [-0.1, -0.05) is 18.2 Å². The summed E-state index contributed by atoms with van der Waals surface area (Å²) in [4.78, 5) is 41.4. The molecule has 0 bridgehead atoms. The summed E-state index contributed by atoms with van der Waals surface area (Å²) in [5.74, 6) is -3.55. The minimum absolute atomic E-state index is 0.115. The molecule has 1 N–H and O–H groups in total. The molecule has 0 saturated heterocycles. The summed E-state index contributed by atoms with van der Waals surface area (Å²) >= 11 is 0. The van der Waals surface area contributed by atoms with E-state index in [1.165, 1.54) is 50.6 Å². The molecule has 1 aliphatic carbocycles. The zero-order valence-corrected chi connectivity index (χ0v) is 20.3. The molecule has 37 heavy (non-hydrogen) atoms. The molecule has 1 aromatic heterocycles. The average molecular weight is 510 g/mol. The van der Waals surface area contributed by atoms with Gasteiger partial charge in [-0.25, -0.2) is 18.6 Å². The van der Waals surface area contributed by atoms with Crippen LogP contribution in [0.4, 0.5) is 8.78 Å². The van der Waals surface area contributed by atoms with Gasteiger partial charge in [0.15, 0.2) is 11.4 Å². The van der Waals surface area contributed by atoms with Gasteiger partial charge >= 0.3 is 11.9 Å². The minimum Gasteiger partial charge on any atom is -0.493 e. The number of halogens is 2. The topological polar surface area (TPSA) is 104 Å². The molecule has 0 spiro atoms. The Morgan fingerprint density at radius 2 is 1.76 bits per heavy atom. The number of fused-ring (bicyclic) bond motifs is 1. The highest BCUT2D eigenvalue weighted by atomic mass is 19.1. The van der Waals surface area contributed by atoms with Gasteiger partial charge in [0.25, 0.3) is 5.91 Å². The molecule has 0 saturated carbocycles. The lowest BCUT2D eigenvalue weighted by Gasteiger charge is -2.23. The highest BCUT2D eigenvalue weighted by Gasteiger charge is 2.37. The lowest BCUT2D eigenvalue weighted by Crippen LogP contribution is -2.42. The average Bonchev–Trinajstić information content (AvgIpc) is 3.20. The number of rotatable bonds is 7. The Kier molecular flexibility index (Phi) is 7.47. The fourth-order valence-corrected chi connectivity index (χ4v) is 4.33. The Bertz CT molecular complexity index is 1350. The normalized spacial score (nSPS) is 16.9. The third-order valence-corrected chi connectivity index (χ3v) is 5.98. The molecule has 1 amide bonds. The Balaban J connectivity index is 1.53. The minimum atomic E-state index is -1.11. The van der Waals surface area contributed by atoms with Gasteiger partial charge < -0.3 is 19.5 Å². The van der Waals surface area contributed by atoms with Crippen molar-refractivity contribution in [1.82, 2.24) is 10.3 Å². The number of carbonyl (C=O) groups excluding carboxylic acids is 3. The standard InChI is InChI=1S/C27H24F2N2O6/c1-14(31-26(33)24-25(36-15(2)32)21(35-3)10-11-30-24)27(34)37-22-13-17-12-19(29)8-9-20(17)23(22)16-4-6-18(28)7-5-16/h4-12,14,22-23H,13H2,1-3H3,(H,31,33)/t14-,22?,23?/m0/s1. The van der Waals surface area contributed by atoms with Gasteiger partial charge in [-0.3, -0.25) is 9.59 Å². The SMILES string of the molecule is COc1ccnc(C(=O)N[C@@H](C)C(=O)OC2Cc3cc(F)ccc3C2c2ccc(F)cc2)c1OC(C)=O. The predicted octanol–water partition coefficient (Wildman–Crippen LogP) is 3.71. The van der Waals surface area contributed by atoms with Crippen LogP contribution in [0.5, 0.6) is 11.5 Å². The highest BCUT2D eigenvalue weighted by Crippen LogP contribution is 2.40. The molecule has 3 aromatic rings. The molecule has 8 nitrogen and oxygen atoms in total. The van der Waals surface area contributed by atoms with Crippen LogP contribution < -0.4 is 14.8 Å². The van der Waals surface area contributed by atoms with E-state index >= 15 is 0 Å². The number of methoxy groups -OCH3 is 1. The van der Waals surface area contributed by atoms with E-state index in [4.69, 9.17) is 14.2 Å². The highest BCUT2D eigenvalue weighted by molar-refractivity contribution is 5.98. The fourth-order valence-electron chi connectivity index (χ4n) is 4.33. The smallest absolute Gasteiger partial charge is 0.328 e. The first-order valence-corrected chi connectivity index (χ1v) is 11.4. The number of ether oxygens (including phenoxy) is 3. The molecule has 1 heterocycles. The predicted molar refractivity (Wildman–Crippen MR) is 127 cm³/mol. The van der Waals surface area contributed by atoms with E-state index in [0.29, 0.717) is 11.1 Å². The third-order valence-electron chi connectivity index (χ3n) is 5.98. The molecule has 1 aliphatic rings. The van der Waals surface area contributed by atoms with Gasteiger partial charge in [0.1, 0.15) is 23.8 Å². The maximum absolute atomic E-state index is 13.9. The van der Waals surface area contributed by atoms with Gasteiger partial charge in [-0.05, 0) is 47.9 Å². The zero-order valence-electron chi connectivity index (χ0n) is 20.3. The van der Waals surface area contributed by atoms with E-state index in [1.54, 1.807) is 18.2 Å². The van der Waals surface area contributed by atoms with Gasteiger partial charge in [-0.2, -0.15) is 0 Å². The maximum atomic E-state index is 13.9. The van der Waals surface area contributed by atoms with Gasteiger partial charge in [0.05, 0.1) is 7.11 Å². The van der Waals surface area contributed by atoms with Crippen molar-refractivity contribution in [1.29, 1.82) is 0 Å². The van der Waals surface area contributed by atoms with E-state index in [0.717, 1.165) is 12.5 Å². The molecule has 0 fully saturated rings. The largest absolute Gasteiger partial charge is 0.493 e. The van der Waals surface area contributed by atoms with E-state index in [-0.39, 0.29) is 23.6 Å². The van der Waals surface area contributed by atoms with Crippen molar-refractivity contribution in [2.45, 2.75) is 38.3 Å². The number of amides is 1. The maximum Gasteiger partial charge on any atom is 0.328 e. The summed E-state index contributed by atoms with van der Waals surface area (Å²) in [5.41, 5.74) is 1.90. The summed E-state index contributed by atoms with van der Waals surface area (Å²) < 4.78 is 43.4. The lowest BCUT2D eigenvalue weighted by molar-refractivity contribution is -0.151. The van der Waals surface area contributed by atoms with Crippen LogP contribution in [-0.2, 0) is 20.7 Å². The van der Waals surface area contributed by atoms with Crippen molar-refractivity contribution >= 4 is 17.8 Å². The molecule has 2 unspecified atom stereocenters. The van der Waals surface area contributed by atoms with Crippen LogP contribution in [-0.4, -0.2) is 42.1 Å². The first-order valence-electron chi connectivity index (χ1n) is 11.4. The lowest BCUT2D eigenvalue weighted by atomic mass is 9.91. The van der Waals surface area contributed by atoms with Crippen LogP contribution in [0.1, 0.15) is 46.9 Å². The van der Waals surface area contributed by atoms with Crippen LogP contribution in [0, 0.1) is 11.6 Å². The first-order chi connectivity index (χ1) is 17.7. The molecular weight excluding hydrogens is 486 g/mol. The summed E-state index contributed by atoms with van der Waals surface area (Å²) in [6.45, 7) is 2.59. The van der Waals surface area contributed by atoms with Crippen LogP contribution in [0.15, 0.2) is 54.7 Å². The van der Waals surface area contributed by atoms with Crippen molar-refractivity contribution < 1.29 is 37.4 Å². The number of hydrogen-bond acceptors (Lipinski definition) is 7. The third kappa shape index (κ3) is 5.58. The summed E-state index contributed by atoms with van der Waals surface area (Å²) in [6.07, 6.45) is 0.835. The van der Waals surface area contributed by atoms with E-state index in [9.17, 15) is 23.2 Å². The van der Waals surface area contributed by atoms with E-state index in [1.807, 2.05) is 0 Å². The van der Waals surface area contributed by atoms with E-state index < -0.39 is 47.5 Å². The Labute approximate surface area is 211 Å². The molecule has 192 valence electrons. The molecule has 3 atom stereocenters. The molecule has 4 rings (SSSR count). The van der Waals surface area contributed by atoms with E-state index in [2.05, 4.69) is 10.3 Å².